The number of rotatable bonds is 1. The van der Waals surface area contributed by atoms with Crippen molar-refractivity contribution in [2.45, 2.75) is 19.8 Å². The van der Waals surface area contributed by atoms with Crippen molar-refractivity contribution in [3.63, 3.8) is 0 Å². The second-order valence-electron chi connectivity index (χ2n) is 3.77. The maximum absolute atomic E-state index is 11.2. The van der Waals surface area contributed by atoms with Crippen molar-refractivity contribution in [2.24, 2.45) is 5.92 Å². The van der Waals surface area contributed by atoms with Crippen molar-refractivity contribution >= 4 is 6.09 Å². The van der Waals surface area contributed by atoms with E-state index in [4.69, 9.17) is 4.74 Å². The van der Waals surface area contributed by atoms with Gasteiger partial charge in [-0.05, 0) is 24.3 Å². The highest BCUT2D eigenvalue weighted by Gasteiger charge is 2.21. The van der Waals surface area contributed by atoms with Gasteiger partial charge in [0.15, 0.2) is 0 Å². The minimum atomic E-state index is -0.209. The summed E-state index contributed by atoms with van der Waals surface area (Å²) in [5.41, 5.74) is 1.33. The summed E-state index contributed by atoms with van der Waals surface area (Å²) in [6, 6.07) is 0. The number of carbonyl (C=O) groups is 1. The van der Waals surface area contributed by atoms with E-state index in [-0.39, 0.29) is 6.09 Å². The van der Waals surface area contributed by atoms with Gasteiger partial charge in [-0.25, -0.2) is 4.79 Å². The standard InChI is InChI=1S/C11H15NO2/c1-9-4-2-3-5-10(9)8-12-6-7-14-11(12)13/h2,4,8-9H,3,5-7H2,1H3/b10-8-/t9-/m1/s1. The van der Waals surface area contributed by atoms with Gasteiger partial charge >= 0.3 is 6.09 Å². The van der Waals surface area contributed by atoms with Crippen LogP contribution in [0.3, 0.4) is 0 Å². The molecule has 1 fully saturated rings. The Hall–Kier alpha value is -1.25. The van der Waals surface area contributed by atoms with Crippen LogP contribution in [0, 0.1) is 5.92 Å². The van der Waals surface area contributed by atoms with Crippen LogP contribution in [0.5, 0.6) is 0 Å². The molecule has 0 aromatic heterocycles. The molecule has 3 nitrogen and oxygen atoms in total. The molecule has 1 saturated heterocycles. The summed E-state index contributed by atoms with van der Waals surface area (Å²) >= 11 is 0. The molecule has 0 aromatic rings. The first-order chi connectivity index (χ1) is 6.77. The van der Waals surface area contributed by atoms with Crippen LogP contribution in [-0.2, 0) is 4.74 Å². The molecule has 0 spiro atoms. The van der Waals surface area contributed by atoms with Crippen molar-refractivity contribution < 1.29 is 9.53 Å². The fourth-order valence-electron chi connectivity index (χ4n) is 1.81. The lowest BCUT2D eigenvalue weighted by Crippen LogP contribution is -2.19. The van der Waals surface area contributed by atoms with Gasteiger partial charge in [0.1, 0.15) is 6.61 Å². The molecule has 1 heterocycles. The lowest BCUT2D eigenvalue weighted by molar-refractivity contribution is 0.166. The van der Waals surface area contributed by atoms with Crippen LogP contribution in [0.2, 0.25) is 0 Å². The Kier molecular flexibility index (Phi) is 2.57. The van der Waals surface area contributed by atoms with Gasteiger partial charge in [-0.3, -0.25) is 4.90 Å². The van der Waals surface area contributed by atoms with Crippen LogP contribution < -0.4 is 0 Å². The summed E-state index contributed by atoms with van der Waals surface area (Å²) in [5, 5.41) is 0. The molecule has 3 heteroatoms. The summed E-state index contributed by atoms with van der Waals surface area (Å²) in [6.07, 6.45) is 8.28. The third-order valence-corrected chi connectivity index (χ3v) is 2.72. The highest BCUT2D eigenvalue weighted by Crippen LogP contribution is 2.24. The second kappa shape index (κ2) is 3.86. The molecule has 2 aliphatic rings. The van der Waals surface area contributed by atoms with Crippen molar-refractivity contribution in [1.29, 1.82) is 0 Å². The Labute approximate surface area is 84.0 Å². The number of cyclic esters (lactones) is 1. The zero-order valence-corrected chi connectivity index (χ0v) is 8.40. The molecule has 1 atom stereocenters. The maximum Gasteiger partial charge on any atom is 0.413 e. The van der Waals surface area contributed by atoms with E-state index in [9.17, 15) is 4.79 Å². The van der Waals surface area contributed by atoms with E-state index in [1.807, 2.05) is 6.20 Å². The Balaban J connectivity index is 2.09. The predicted octanol–water partition coefficient (Wildman–Crippen LogP) is 2.31. The number of amides is 1. The van der Waals surface area contributed by atoms with Gasteiger partial charge in [0.2, 0.25) is 0 Å². The Bertz CT molecular complexity index is 294. The molecule has 14 heavy (non-hydrogen) atoms. The Morgan fingerprint density at radius 3 is 3.14 bits per heavy atom. The normalized spacial score (nSPS) is 29.8. The summed E-state index contributed by atoms with van der Waals surface area (Å²) in [7, 11) is 0. The van der Waals surface area contributed by atoms with Gasteiger partial charge in [-0.2, -0.15) is 0 Å². The van der Waals surface area contributed by atoms with E-state index >= 15 is 0 Å². The van der Waals surface area contributed by atoms with Crippen molar-refractivity contribution in [3.05, 3.63) is 23.9 Å². The first-order valence-corrected chi connectivity index (χ1v) is 5.08. The first-order valence-electron chi connectivity index (χ1n) is 5.08. The number of hydrogen-bond acceptors (Lipinski definition) is 2. The van der Waals surface area contributed by atoms with E-state index in [1.165, 1.54) is 5.57 Å². The fraction of sp³-hybridized carbons (Fsp3) is 0.545. The molecular formula is C11H15NO2. The van der Waals surface area contributed by atoms with E-state index in [0.717, 1.165) is 12.8 Å². The lowest BCUT2D eigenvalue weighted by atomic mass is 9.92. The van der Waals surface area contributed by atoms with Crippen LogP contribution in [0.25, 0.3) is 0 Å². The molecule has 2 rings (SSSR count). The number of nitrogens with zero attached hydrogens (tertiary/aromatic N) is 1. The molecule has 76 valence electrons. The average molecular weight is 193 g/mol. The van der Waals surface area contributed by atoms with Crippen LogP contribution in [0.1, 0.15) is 19.8 Å². The minimum Gasteiger partial charge on any atom is -0.447 e. The Morgan fingerprint density at radius 1 is 1.64 bits per heavy atom. The van der Waals surface area contributed by atoms with Gasteiger partial charge in [0, 0.05) is 6.20 Å². The molecular weight excluding hydrogens is 178 g/mol. The predicted molar refractivity (Wildman–Crippen MR) is 53.7 cm³/mol. The zero-order chi connectivity index (χ0) is 9.97. The monoisotopic (exact) mass is 193 g/mol. The molecule has 1 aliphatic heterocycles. The van der Waals surface area contributed by atoms with Crippen LogP contribution in [0.15, 0.2) is 23.9 Å². The summed E-state index contributed by atoms with van der Waals surface area (Å²) < 4.78 is 4.87. The van der Waals surface area contributed by atoms with Crippen molar-refractivity contribution in [3.8, 4) is 0 Å². The third kappa shape index (κ3) is 1.81. The number of ether oxygens (including phenoxy) is 1. The SMILES string of the molecule is C[C@@H]1C=CCC/C1=C/N1CCOC1=O. The van der Waals surface area contributed by atoms with E-state index in [1.54, 1.807) is 4.90 Å². The van der Waals surface area contributed by atoms with E-state index < -0.39 is 0 Å². The van der Waals surface area contributed by atoms with E-state index in [2.05, 4.69) is 19.1 Å². The van der Waals surface area contributed by atoms with Gasteiger partial charge in [0.05, 0.1) is 6.54 Å². The lowest BCUT2D eigenvalue weighted by Gasteiger charge is -2.18. The molecule has 1 amide bonds. The molecule has 0 N–H and O–H groups in total. The number of allylic oxidation sites excluding steroid dienone is 3. The Morgan fingerprint density at radius 2 is 2.50 bits per heavy atom. The second-order valence-corrected chi connectivity index (χ2v) is 3.77. The van der Waals surface area contributed by atoms with Crippen LogP contribution in [-0.4, -0.2) is 24.1 Å². The smallest absolute Gasteiger partial charge is 0.413 e. The molecule has 0 unspecified atom stereocenters. The molecule has 0 saturated carbocycles. The van der Waals surface area contributed by atoms with Crippen molar-refractivity contribution in [1.82, 2.24) is 4.90 Å². The first kappa shape index (κ1) is 9.31. The van der Waals surface area contributed by atoms with Crippen molar-refractivity contribution in [2.75, 3.05) is 13.2 Å². The third-order valence-electron chi connectivity index (χ3n) is 2.72. The van der Waals surface area contributed by atoms with Gasteiger partial charge in [-0.15, -0.1) is 0 Å². The van der Waals surface area contributed by atoms with E-state index in [0.29, 0.717) is 19.1 Å². The quantitative estimate of drug-likeness (QED) is 0.598. The number of hydrogen-bond donors (Lipinski definition) is 0. The molecule has 0 radical (unpaired) electrons. The van der Waals surface area contributed by atoms with Crippen LogP contribution in [0.4, 0.5) is 4.79 Å². The largest absolute Gasteiger partial charge is 0.447 e. The minimum absolute atomic E-state index is 0.209. The summed E-state index contributed by atoms with van der Waals surface area (Å²) in [6.45, 7) is 3.37. The van der Waals surface area contributed by atoms with Gasteiger partial charge in [0.25, 0.3) is 0 Å². The summed E-state index contributed by atoms with van der Waals surface area (Å²) in [4.78, 5) is 12.9. The zero-order valence-electron chi connectivity index (χ0n) is 8.40. The van der Waals surface area contributed by atoms with Crippen LogP contribution >= 0.6 is 0 Å². The fourth-order valence-corrected chi connectivity index (χ4v) is 1.81. The average Bonchev–Trinajstić information content (AvgIpc) is 2.56. The molecule has 1 aliphatic carbocycles. The number of carbonyl (C=O) groups excluding carboxylic acids is 1. The summed E-state index contributed by atoms with van der Waals surface area (Å²) in [5.74, 6) is 0.456. The highest BCUT2D eigenvalue weighted by atomic mass is 16.6. The molecule has 0 aromatic carbocycles. The highest BCUT2D eigenvalue weighted by molar-refractivity contribution is 5.70. The topological polar surface area (TPSA) is 29.5 Å². The maximum atomic E-state index is 11.2. The molecule has 0 bridgehead atoms. The van der Waals surface area contributed by atoms with Gasteiger partial charge < -0.3 is 4.74 Å². The van der Waals surface area contributed by atoms with Gasteiger partial charge in [-0.1, -0.05) is 19.1 Å².